The predicted molar refractivity (Wildman–Crippen MR) is 70.9 cm³/mol. The van der Waals surface area contributed by atoms with Gasteiger partial charge in [-0.25, -0.2) is 0 Å². The van der Waals surface area contributed by atoms with Gasteiger partial charge in [0.1, 0.15) is 0 Å². The highest BCUT2D eigenvalue weighted by Crippen LogP contribution is 2.23. The molecular formula is C11H18BrNO2S. The fourth-order valence-electron chi connectivity index (χ4n) is 1.49. The third-order valence-electron chi connectivity index (χ3n) is 2.14. The van der Waals surface area contributed by atoms with E-state index >= 15 is 0 Å². The number of methoxy groups -OCH3 is 1. The summed E-state index contributed by atoms with van der Waals surface area (Å²) >= 11 is 5.18. The van der Waals surface area contributed by atoms with E-state index in [9.17, 15) is 5.11 Å². The molecule has 0 fully saturated rings. The van der Waals surface area contributed by atoms with Gasteiger partial charge in [0, 0.05) is 31.6 Å². The molecule has 5 heteroatoms. The molecule has 92 valence electrons. The summed E-state index contributed by atoms with van der Waals surface area (Å²) < 4.78 is 6.21. The van der Waals surface area contributed by atoms with Crippen LogP contribution in [0.1, 0.15) is 11.8 Å². The average molecular weight is 308 g/mol. The van der Waals surface area contributed by atoms with Gasteiger partial charge in [0.05, 0.1) is 16.5 Å². The Morgan fingerprint density at radius 1 is 1.56 bits per heavy atom. The van der Waals surface area contributed by atoms with E-state index < -0.39 is 0 Å². The summed E-state index contributed by atoms with van der Waals surface area (Å²) in [5.41, 5.74) is 0. The molecule has 1 heterocycles. The van der Waals surface area contributed by atoms with E-state index in [1.54, 1.807) is 18.4 Å². The second-order valence-corrected chi connectivity index (χ2v) is 6.33. The van der Waals surface area contributed by atoms with Crippen molar-refractivity contribution in [3.8, 4) is 0 Å². The van der Waals surface area contributed by atoms with E-state index in [2.05, 4.69) is 33.0 Å². The average Bonchev–Trinajstić information content (AvgIpc) is 2.59. The van der Waals surface area contributed by atoms with E-state index in [4.69, 9.17) is 4.74 Å². The molecule has 1 aromatic rings. The molecule has 0 radical (unpaired) electrons. The van der Waals surface area contributed by atoms with Crippen molar-refractivity contribution >= 4 is 27.3 Å². The third-order valence-corrected chi connectivity index (χ3v) is 3.75. The van der Waals surface area contributed by atoms with Gasteiger partial charge in [0.15, 0.2) is 0 Å². The molecule has 1 rings (SSSR count). The lowest BCUT2D eigenvalue weighted by molar-refractivity contribution is 0.0945. The molecular weight excluding hydrogens is 290 g/mol. The second-order valence-electron chi connectivity index (χ2n) is 3.78. The van der Waals surface area contributed by atoms with E-state index in [1.165, 1.54) is 4.88 Å². The van der Waals surface area contributed by atoms with Crippen LogP contribution in [0.2, 0.25) is 0 Å². The summed E-state index contributed by atoms with van der Waals surface area (Å²) in [5.74, 6) is 0. The summed E-state index contributed by atoms with van der Waals surface area (Å²) in [5, 5.41) is 9.42. The molecule has 1 atom stereocenters. The summed E-state index contributed by atoms with van der Waals surface area (Å²) in [7, 11) is 1.70. The van der Waals surface area contributed by atoms with Crippen molar-refractivity contribution in [2.75, 3.05) is 26.8 Å². The first-order valence-electron chi connectivity index (χ1n) is 5.25. The molecule has 16 heavy (non-hydrogen) atoms. The maximum atomic E-state index is 9.42. The Morgan fingerprint density at radius 3 is 2.81 bits per heavy atom. The number of aliphatic hydroxyl groups is 1. The van der Waals surface area contributed by atoms with E-state index in [0.717, 1.165) is 16.9 Å². The lowest BCUT2D eigenvalue weighted by Gasteiger charge is -2.22. The Kier molecular flexibility index (Phi) is 6.53. The van der Waals surface area contributed by atoms with Crippen LogP contribution in [0.5, 0.6) is 0 Å². The van der Waals surface area contributed by atoms with Gasteiger partial charge in [0.25, 0.3) is 0 Å². The minimum Gasteiger partial charge on any atom is -0.392 e. The topological polar surface area (TPSA) is 32.7 Å². The minimum absolute atomic E-state index is 0.305. The van der Waals surface area contributed by atoms with Crippen LogP contribution in [0, 0.1) is 0 Å². The highest BCUT2D eigenvalue weighted by atomic mass is 79.9. The van der Waals surface area contributed by atoms with Crippen molar-refractivity contribution in [3.63, 3.8) is 0 Å². The molecule has 0 aliphatic heterocycles. The SMILES string of the molecule is COCCN(Cc1ccc(Br)s1)CC(C)O. The Morgan fingerprint density at radius 2 is 2.31 bits per heavy atom. The number of hydrogen-bond donors (Lipinski definition) is 1. The van der Waals surface area contributed by atoms with E-state index in [-0.39, 0.29) is 6.10 Å². The molecule has 0 amide bonds. The number of hydrogen-bond acceptors (Lipinski definition) is 4. The molecule has 1 N–H and O–H groups in total. The normalized spacial score (nSPS) is 13.3. The van der Waals surface area contributed by atoms with Crippen molar-refractivity contribution in [2.45, 2.75) is 19.6 Å². The zero-order valence-electron chi connectivity index (χ0n) is 9.65. The van der Waals surface area contributed by atoms with Gasteiger partial charge in [-0.15, -0.1) is 11.3 Å². The Bertz CT molecular complexity index is 304. The Hall–Kier alpha value is 0.0600. The fourth-order valence-corrected chi connectivity index (χ4v) is 3.01. The minimum atomic E-state index is -0.305. The number of aliphatic hydroxyl groups excluding tert-OH is 1. The first-order valence-corrected chi connectivity index (χ1v) is 6.86. The van der Waals surface area contributed by atoms with Crippen LogP contribution in [0.3, 0.4) is 0 Å². The molecule has 0 bridgehead atoms. The Balaban J connectivity index is 2.48. The molecule has 0 spiro atoms. The number of nitrogens with zero attached hydrogens (tertiary/aromatic N) is 1. The molecule has 0 saturated carbocycles. The first-order chi connectivity index (χ1) is 7.61. The monoisotopic (exact) mass is 307 g/mol. The Labute approximate surface area is 109 Å². The van der Waals surface area contributed by atoms with Crippen LogP contribution in [0.15, 0.2) is 15.9 Å². The van der Waals surface area contributed by atoms with Crippen molar-refractivity contribution in [1.29, 1.82) is 0 Å². The van der Waals surface area contributed by atoms with Gasteiger partial charge < -0.3 is 9.84 Å². The number of halogens is 1. The predicted octanol–water partition coefficient (Wildman–Crippen LogP) is 2.34. The zero-order chi connectivity index (χ0) is 12.0. The largest absolute Gasteiger partial charge is 0.392 e. The van der Waals surface area contributed by atoms with Gasteiger partial charge >= 0.3 is 0 Å². The third kappa shape index (κ3) is 5.41. The van der Waals surface area contributed by atoms with Crippen molar-refractivity contribution in [2.24, 2.45) is 0 Å². The molecule has 1 aromatic heterocycles. The van der Waals surface area contributed by atoms with Crippen molar-refractivity contribution < 1.29 is 9.84 Å². The summed E-state index contributed by atoms with van der Waals surface area (Å²) in [4.78, 5) is 3.50. The number of thiophene rings is 1. The molecule has 0 aliphatic rings. The highest BCUT2D eigenvalue weighted by Gasteiger charge is 2.10. The molecule has 0 saturated heterocycles. The summed E-state index contributed by atoms with van der Waals surface area (Å²) in [6, 6.07) is 4.16. The maximum Gasteiger partial charge on any atom is 0.0701 e. The van der Waals surface area contributed by atoms with Crippen LogP contribution in [0.25, 0.3) is 0 Å². The molecule has 0 aliphatic carbocycles. The first kappa shape index (κ1) is 14.1. The number of ether oxygens (including phenoxy) is 1. The van der Waals surface area contributed by atoms with E-state index in [0.29, 0.717) is 13.2 Å². The zero-order valence-corrected chi connectivity index (χ0v) is 12.1. The quantitative estimate of drug-likeness (QED) is 0.839. The fraction of sp³-hybridized carbons (Fsp3) is 0.636. The maximum absolute atomic E-state index is 9.42. The lowest BCUT2D eigenvalue weighted by Crippen LogP contribution is -2.33. The van der Waals surface area contributed by atoms with Crippen LogP contribution < -0.4 is 0 Å². The molecule has 3 nitrogen and oxygen atoms in total. The highest BCUT2D eigenvalue weighted by molar-refractivity contribution is 9.11. The molecule has 0 aromatic carbocycles. The van der Waals surface area contributed by atoms with Gasteiger partial charge in [-0.05, 0) is 35.0 Å². The smallest absolute Gasteiger partial charge is 0.0701 e. The van der Waals surface area contributed by atoms with Crippen molar-refractivity contribution in [1.82, 2.24) is 4.90 Å². The van der Waals surface area contributed by atoms with Crippen LogP contribution in [0.4, 0.5) is 0 Å². The standard InChI is InChI=1S/C11H18BrNO2S/c1-9(14)7-13(5-6-15-2)8-10-3-4-11(12)16-10/h3-4,9,14H,5-8H2,1-2H3. The summed E-state index contributed by atoms with van der Waals surface area (Å²) in [6.45, 7) is 4.89. The van der Waals surface area contributed by atoms with Gasteiger partial charge in [-0.3, -0.25) is 4.90 Å². The van der Waals surface area contributed by atoms with Gasteiger partial charge in [0.2, 0.25) is 0 Å². The molecule has 1 unspecified atom stereocenters. The van der Waals surface area contributed by atoms with E-state index in [1.807, 2.05) is 6.92 Å². The van der Waals surface area contributed by atoms with Crippen molar-refractivity contribution in [3.05, 3.63) is 20.8 Å². The van der Waals surface area contributed by atoms with Crippen LogP contribution in [-0.4, -0.2) is 42.9 Å². The van der Waals surface area contributed by atoms with Crippen LogP contribution in [-0.2, 0) is 11.3 Å². The number of rotatable bonds is 7. The lowest BCUT2D eigenvalue weighted by atomic mass is 10.3. The van der Waals surface area contributed by atoms with Gasteiger partial charge in [-0.1, -0.05) is 0 Å². The summed E-state index contributed by atoms with van der Waals surface area (Å²) in [6.07, 6.45) is -0.305. The van der Waals surface area contributed by atoms with Gasteiger partial charge in [-0.2, -0.15) is 0 Å². The van der Waals surface area contributed by atoms with Crippen LogP contribution >= 0.6 is 27.3 Å². The second kappa shape index (κ2) is 7.40.